The summed E-state index contributed by atoms with van der Waals surface area (Å²) in [4.78, 5) is 19.8. The molecule has 0 saturated carbocycles. The van der Waals surface area contributed by atoms with Gasteiger partial charge in [0.15, 0.2) is 0 Å². The fourth-order valence-corrected chi connectivity index (χ4v) is 1.79. The number of nitrogens with zero attached hydrogens (tertiary/aromatic N) is 2. The molecule has 0 saturated heterocycles. The highest BCUT2D eigenvalue weighted by atomic mass is 35.5. The molecule has 2 rings (SSSR count). The van der Waals surface area contributed by atoms with Crippen LogP contribution in [0.2, 0.25) is 5.28 Å². The Labute approximate surface area is 93.1 Å². The van der Waals surface area contributed by atoms with E-state index in [2.05, 4.69) is 15.3 Å². The molecule has 1 amide bonds. The second-order valence-corrected chi connectivity index (χ2v) is 4.38. The van der Waals surface area contributed by atoms with E-state index in [4.69, 9.17) is 11.6 Å². The maximum Gasteiger partial charge on any atom is 0.230 e. The number of amides is 1. The van der Waals surface area contributed by atoms with Crippen molar-refractivity contribution in [2.24, 2.45) is 5.41 Å². The van der Waals surface area contributed by atoms with Crippen LogP contribution in [0.5, 0.6) is 0 Å². The first-order valence-corrected chi connectivity index (χ1v) is 5.26. The van der Waals surface area contributed by atoms with E-state index in [-0.39, 0.29) is 16.6 Å². The number of hydrogen-bond donors (Lipinski definition) is 1. The third kappa shape index (κ3) is 1.69. The van der Waals surface area contributed by atoms with Gasteiger partial charge in [-0.25, -0.2) is 9.97 Å². The summed E-state index contributed by atoms with van der Waals surface area (Å²) in [5.74, 6) is 0.0309. The molecule has 0 radical (unpaired) electrons. The molecule has 0 aliphatic carbocycles. The molecule has 1 aliphatic rings. The molecule has 5 heteroatoms. The zero-order valence-corrected chi connectivity index (χ0v) is 9.43. The number of halogens is 1. The van der Waals surface area contributed by atoms with Crippen molar-refractivity contribution in [1.82, 2.24) is 9.97 Å². The van der Waals surface area contributed by atoms with Crippen LogP contribution in [0.1, 0.15) is 26.0 Å². The molecule has 0 unspecified atom stereocenters. The fraction of sp³-hybridized carbons (Fsp3) is 0.500. The molecule has 1 aromatic heterocycles. The normalized spacial score (nSPS) is 24.6. The highest BCUT2D eigenvalue weighted by molar-refractivity contribution is 6.28. The summed E-state index contributed by atoms with van der Waals surface area (Å²) in [6, 6.07) is 0. The molecule has 2 heterocycles. The average molecular weight is 226 g/mol. The molecule has 0 aromatic carbocycles. The Morgan fingerprint density at radius 2 is 2.40 bits per heavy atom. The van der Waals surface area contributed by atoms with Gasteiger partial charge < -0.3 is 5.32 Å². The lowest BCUT2D eigenvalue weighted by Gasteiger charge is -2.31. The lowest BCUT2D eigenvalue weighted by atomic mass is 9.79. The van der Waals surface area contributed by atoms with Crippen LogP contribution in [0, 0.1) is 5.41 Å². The summed E-state index contributed by atoms with van der Waals surface area (Å²) in [7, 11) is 0. The van der Waals surface area contributed by atoms with Gasteiger partial charge >= 0.3 is 0 Å². The summed E-state index contributed by atoms with van der Waals surface area (Å²) in [6.07, 6.45) is 2.95. The van der Waals surface area contributed by atoms with Gasteiger partial charge in [0.05, 0.1) is 23.0 Å². The molecule has 15 heavy (non-hydrogen) atoms. The van der Waals surface area contributed by atoms with E-state index < -0.39 is 0 Å². The van der Waals surface area contributed by atoms with Gasteiger partial charge in [0.1, 0.15) is 0 Å². The second-order valence-electron chi connectivity index (χ2n) is 4.04. The SMILES string of the molecule is CC[C@]1(C)Cc2nc(Cl)ncc2NC1=O. The van der Waals surface area contributed by atoms with Crippen molar-refractivity contribution in [3.8, 4) is 0 Å². The van der Waals surface area contributed by atoms with Crippen LogP contribution < -0.4 is 5.32 Å². The molecule has 1 atom stereocenters. The summed E-state index contributed by atoms with van der Waals surface area (Å²) in [5, 5.41) is 3.03. The van der Waals surface area contributed by atoms with Crippen LogP contribution in [0.3, 0.4) is 0 Å². The Morgan fingerprint density at radius 3 is 3.07 bits per heavy atom. The number of hydrogen-bond acceptors (Lipinski definition) is 3. The van der Waals surface area contributed by atoms with E-state index in [0.717, 1.165) is 12.1 Å². The Bertz CT molecular complexity index is 421. The predicted octanol–water partition coefficient (Wildman–Crippen LogP) is 2.04. The Kier molecular flexibility index (Phi) is 2.38. The van der Waals surface area contributed by atoms with E-state index in [1.54, 1.807) is 6.20 Å². The number of anilines is 1. The molecule has 80 valence electrons. The standard InChI is InChI=1S/C10H12ClN3O/c1-3-10(2)4-6-7(13-8(10)15)5-12-9(11)14-6/h5H,3-4H2,1-2H3,(H,13,15)/t10-/m1/s1. The number of carbonyl (C=O) groups is 1. The number of aromatic nitrogens is 2. The van der Waals surface area contributed by atoms with Gasteiger partial charge in [-0.05, 0) is 18.0 Å². The minimum atomic E-state index is -0.384. The summed E-state index contributed by atoms with van der Waals surface area (Å²) in [6.45, 7) is 3.93. The van der Waals surface area contributed by atoms with Crippen LogP contribution in [-0.2, 0) is 11.2 Å². The van der Waals surface area contributed by atoms with Crippen molar-refractivity contribution in [3.05, 3.63) is 17.2 Å². The maximum absolute atomic E-state index is 11.8. The number of carbonyl (C=O) groups excluding carboxylic acids is 1. The highest BCUT2D eigenvalue weighted by Gasteiger charge is 2.37. The van der Waals surface area contributed by atoms with Gasteiger partial charge in [0, 0.05) is 6.42 Å². The van der Waals surface area contributed by atoms with Crippen molar-refractivity contribution in [1.29, 1.82) is 0 Å². The Balaban J connectivity index is 2.43. The van der Waals surface area contributed by atoms with Crippen LogP contribution in [0.4, 0.5) is 5.69 Å². The minimum Gasteiger partial charge on any atom is -0.323 e. The van der Waals surface area contributed by atoms with E-state index in [9.17, 15) is 4.79 Å². The van der Waals surface area contributed by atoms with Crippen LogP contribution >= 0.6 is 11.6 Å². The third-order valence-electron chi connectivity index (χ3n) is 2.97. The average Bonchev–Trinajstić information content (AvgIpc) is 2.20. The predicted molar refractivity (Wildman–Crippen MR) is 57.8 cm³/mol. The molecule has 0 spiro atoms. The molecule has 1 aromatic rings. The van der Waals surface area contributed by atoms with Crippen molar-refractivity contribution in [2.45, 2.75) is 26.7 Å². The topological polar surface area (TPSA) is 54.9 Å². The zero-order valence-electron chi connectivity index (χ0n) is 8.67. The van der Waals surface area contributed by atoms with Gasteiger partial charge in [-0.2, -0.15) is 0 Å². The summed E-state index contributed by atoms with van der Waals surface area (Å²) >= 11 is 5.71. The number of fused-ring (bicyclic) bond motifs is 1. The summed E-state index contributed by atoms with van der Waals surface area (Å²) in [5.41, 5.74) is 1.11. The first-order valence-electron chi connectivity index (χ1n) is 4.88. The molecular weight excluding hydrogens is 214 g/mol. The molecule has 1 aliphatic heterocycles. The zero-order chi connectivity index (χ0) is 11.1. The van der Waals surface area contributed by atoms with Gasteiger partial charge in [0.2, 0.25) is 11.2 Å². The fourth-order valence-electron chi connectivity index (χ4n) is 1.64. The van der Waals surface area contributed by atoms with Crippen LogP contribution in [0.25, 0.3) is 0 Å². The van der Waals surface area contributed by atoms with Gasteiger partial charge in [-0.1, -0.05) is 13.8 Å². The summed E-state index contributed by atoms with van der Waals surface area (Å²) < 4.78 is 0. The van der Waals surface area contributed by atoms with Crippen molar-refractivity contribution in [2.75, 3.05) is 5.32 Å². The first-order chi connectivity index (χ1) is 7.05. The first kappa shape index (κ1) is 10.4. The maximum atomic E-state index is 11.8. The van der Waals surface area contributed by atoms with Crippen LogP contribution in [0.15, 0.2) is 6.20 Å². The quantitative estimate of drug-likeness (QED) is 0.745. The van der Waals surface area contributed by atoms with E-state index in [1.807, 2.05) is 13.8 Å². The second kappa shape index (κ2) is 3.45. The van der Waals surface area contributed by atoms with Crippen molar-refractivity contribution >= 4 is 23.2 Å². The molecule has 4 nitrogen and oxygen atoms in total. The van der Waals surface area contributed by atoms with E-state index in [1.165, 1.54) is 0 Å². The monoisotopic (exact) mass is 225 g/mol. The van der Waals surface area contributed by atoms with Crippen molar-refractivity contribution in [3.63, 3.8) is 0 Å². The minimum absolute atomic E-state index is 0.0309. The van der Waals surface area contributed by atoms with Gasteiger partial charge in [0.25, 0.3) is 0 Å². The molecular formula is C10H12ClN3O. The Hall–Kier alpha value is -1.16. The lowest BCUT2D eigenvalue weighted by Crippen LogP contribution is -2.39. The number of nitrogens with one attached hydrogen (secondary N) is 1. The van der Waals surface area contributed by atoms with Gasteiger partial charge in [-0.15, -0.1) is 0 Å². The largest absolute Gasteiger partial charge is 0.323 e. The molecule has 1 N–H and O–H groups in total. The number of rotatable bonds is 1. The van der Waals surface area contributed by atoms with Crippen LogP contribution in [-0.4, -0.2) is 15.9 Å². The third-order valence-corrected chi connectivity index (χ3v) is 3.15. The lowest BCUT2D eigenvalue weighted by molar-refractivity contribution is -0.125. The smallest absolute Gasteiger partial charge is 0.230 e. The molecule has 0 bridgehead atoms. The van der Waals surface area contributed by atoms with Crippen molar-refractivity contribution < 1.29 is 4.79 Å². The van der Waals surface area contributed by atoms with E-state index >= 15 is 0 Å². The van der Waals surface area contributed by atoms with Gasteiger partial charge in [-0.3, -0.25) is 4.79 Å². The Morgan fingerprint density at radius 1 is 1.67 bits per heavy atom. The molecule has 0 fully saturated rings. The van der Waals surface area contributed by atoms with E-state index in [0.29, 0.717) is 12.1 Å². The highest BCUT2D eigenvalue weighted by Crippen LogP contribution is 2.34.